The molecule has 0 aliphatic heterocycles. The highest BCUT2D eigenvalue weighted by atomic mass is 16.5. The SMILES string of the molecule is COc1cccc(C#CCN(C)C(=O)c2ccccc2N)c1. The van der Waals surface area contributed by atoms with Gasteiger partial charge in [0.25, 0.3) is 5.91 Å². The first-order valence-electron chi connectivity index (χ1n) is 6.84. The first-order chi connectivity index (χ1) is 10.6. The maximum Gasteiger partial charge on any atom is 0.256 e. The predicted octanol–water partition coefficient (Wildman–Crippen LogP) is 2.40. The molecule has 0 fully saturated rings. The van der Waals surface area contributed by atoms with Crippen molar-refractivity contribution in [3.63, 3.8) is 0 Å². The smallest absolute Gasteiger partial charge is 0.256 e. The lowest BCUT2D eigenvalue weighted by Gasteiger charge is -2.14. The molecule has 0 radical (unpaired) electrons. The predicted molar refractivity (Wildman–Crippen MR) is 87.7 cm³/mol. The van der Waals surface area contributed by atoms with Crippen LogP contribution in [0.2, 0.25) is 0 Å². The largest absolute Gasteiger partial charge is 0.497 e. The van der Waals surface area contributed by atoms with Gasteiger partial charge in [0.2, 0.25) is 0 Å². The molecule has 2 N–H and O–H groups in total. The first-order valence-corrected chi connectivity index (χ1v) is 6.84. The number of rotatable bonds is 3. The van der Waals surface area contributed by atoms with E-state index >= 15 is 0 Å². The lowest BCUT2D eigenvalue weighted by molar-refractivity contribution is 0.0813. The number of hydrogen-bond acceptors (Lipinski definition) is 3. The Balaban J connectivity index is 2.04. The van der Waals surface area contributed by atoms with E-state index in [1.807, 2.05) is 24.3 Å². The van der Waals surface area contributed by atoms with Crippen LogP contribution in [0.3, 0.4) is 0 Å². The van der Waals surface area contributed by atoms with Gasteiger partial charge in [-0.1, -0.05) is 30.0 Å². The highest BCUT2D eigenvalue weighted by molar-refractivity contribution is 5.99. The van der Waals surface area contributed by atoms with Crippen molar-refractivity contribution < 1.29 is 9.53 Å². The number of nitrogen functional groups attached to an aromatic ring is 1. The average Bonchev–Trinajstić information content (AvgIpc) is 2.54. The van der Waals surface area contributed by atoms with Crippen LogP contribution in [0.4, 0.5) is 5.69 Å². The van der Waals surface area contributed by atoms with Crippen molar-refractivity contribution in [1.82, 2.24) is 4.90 Å². The topological polar surface area (TPSA) is 55.6 Å². The minimum atomic E-state index is -0.141. The molecule has 0 aliphatic rings. The molecule has 0 bridgehead atoms. The van der Waals surface area contributed by atoms with Gasteiger partial charge in [0.05, 0.1) is 19.2 Å². The molecular weight excluding hydrogens is 276 g/mol. The molecule has 4 nitrogen and oxygen atoms in total. The number of carbonyl (C=O) groups is 1. The standard InChI is InChI=1S/C18H18N2O2/c1-20(18(21)16-10-3-4-11-17(16)19)12-6-8-14-7-5-9-15(13-14)22-2/h3-5,7,9-11,13H,12,19H2,1-2H3. The zero-order valence-electron chi connectivity index (χ0n) is 12.7. The van der Waals surface area contributed by atoms with Gasteiger partial charge >= 0.3 is 0 Å². The van der Waals surface area contributed by atoms with Crippen LogP contribution in [0.1, 0.15) is 15.9 Å². The van der Waals surface area contributed by atoms with Crippen LogP contribution in [-0.2, 0) is 0 Å². The number of nitrogens with zero attached hydrogens (tertiary/aromatic N) is 1. The first kappa shape index (κ1) is 15.5. The third-order valence-electron chi connectivity index (χ3n) is 3.16. The summed E-state index contributed by atoms with van der Waals surface area (Å²) in [5.74, 6) is 6.61. The van der Waals surface area contributed by atoms with Gasteiger partial charge in [-0.2, -0.15) is 0 Å². The molecule has 0 spiro atoms. The number of hydrogen-bond donors (Lipinski definition) is 1. The lowest BCUT2D eigenvalue weighted by Crippen LogP contribution is -2.27. The van der Waals surface area contributed by atoms with E-state index in [1.54, 1.807) is 43.3 Å². The Hall–Kier alpha value is -2.93. The van der Waals surface area contributed by atoms with Crippen molar-refractivity contribution in [2.45, 2.75) is 0 Å². The molecule has 1 amide bonds. The summed E-state index contributed by atoms with van der Waals surface area (Å²) in [6.07, 6.45) is 0. The molecule has 0 heterocycles. The number of methoxy groups -OCH3 is 1. The molecule has 4 heteroatoms. The fourth-order valence-electron chi connectivity index (χ4n) is 1.93. The number of para-hydroxylation sites is 1. The number of benzene rings is 2. The van der Waals surface area contributed by atoms with Gasteiger partial charge in [-0.05, 0) is 30.3 Å². The maximum atomic E-state index is 12.3. The maximum absolute atomic E-state index is 12.3. The van der Waals surface area contributed by atoms with E-state index in [2.05, 4.69) is 11.8 Å². The summed E-state index contributed by atoms with van der Waals surface area (Å²) in [5, 5.41) is 0. The summed E-state index contributed by atoms with van der Waals surface area (Å²) in [5.41, 5.74) is 7.63. The van der Waals surface area contributed by atoms with Gasteiger partial charge in [0.15, 0.2) is 0 Å². The molecule has 2 aromatic rings. The number of anilines is 1. The van der Waals surface area contributed by atoms with Gasteiger partial charge in [-0.15, -0.1) is 0 Å². The third-order valence-corrected chi connectivity index (χ3v) is 3.16. The second kappa shape index (κ2) is 7.19. The van der Waals surface area contributed by atoms with Crippen molar-refractivity contribution in [2.75, 3.05) is 26.4 Å². The molecule has 0 saturated carbocycles. The van der Waals surface area contributed by atoms with Crippen molar-refractivity contribution in [3.05, 3.63) is 59.7 Å². The monoisotopic (exact) mass is 294 g/mol. The minimum Gasteiger partial charge on any atom is -0.497 e. The zero-order chi connectivity index (χ0) is 15.9. The van der Waals surface area contributed by atoms with Crippen LogP contribution in [0.25, 0.3) is 0 Å². The quantitative estimate of drug-likeness (QED) is 0.698. The van der Waals surface area contributed by atoms with Gasteiger partial charge in [-0.3, -0.25) is 4.79 Å². The molecule has 112 valence electrons. The summed E-state index contributed by atoms with van der Waals surface area (Å²) < 4.78 is 5.15. The van der Waals surface area contributed by atoms with E-state index in [1.165, 1.54) is 0 Å². The van der Waals surface area contributed by atoms with E-state index in [4.69, 9.17) is 10.5 Å². The van der Waals surface area contributed by atoms with Crippen molar-refractivity contribution >= 4 is 11.6 Å². The second-order valence-electron chi connectivity index (χ2n) is 4.78. The van der Waals surface area contributed by atoms with Crippen LogP contribution in [0, 0.1) is 11.8 Å². The molecule has 0 atom stereocenters. The van der Waals surface area contributed by atoms with Gasteiger partial charge in [-0.25, -0.2) is 0 Å². The van der Waals surface area contributed by atoms with Crippen molar-refractivity contribution in [1.29, 1.82) is 0 Å². The van der Waals surface area contributed by atoms with E-state index < -0.39 is 0 Å². The molecule has 2 rings (SSSR count). The Kier molecular flexibility index (Phi) is 5.05. The summed E-state index contributed by atoms with van der Waals surface area (Å²) in [6.45, 7) is 0.324. The Labute approximate surface area is 130 Å². The number of ether oxygens (including phenoxy) is 1. The Bertz CT molecular complexity index is 729. The molecule has 22 heavy (non-hydrogen) atoms. The van der Waals surface area contributed by atoms with Crippen LogP contribution in [0.15, 0.2) is 48.5 Å². The minimum absolute atomic E-state index is 0.141. The Morgan fingerprint density at radius 2 is 2.00 bits per heavy atom. The summed E-state index contributed by atoms with van der Waals surface area (Å²) in [6, 6.07) is 14.5. The third kappa shape index (κ3) is 3.80. The molecule has 0 unspecified atom stereocenters. The highest BCUT2D eigenvalue weighted by Gasteiger charge is 2.12. The Morgan fingerprint density at radius 3 is 2.73 bits per heavy atom. The van der Waals surface area contributed by atoms with Gasteiger partial charge in [0, 0.05) is 18.3 Å². The zero-order valence-corrected chi connectivity index (χ0v) is 12.7. The second-order valence-corrected chi connectivity index (χ2v) is 4.78. The summed E-state index contributed by atoms with van der Waals surface area (Å²) >= 11 is 0. The number of carbonyl (C=O) groups excluding carboxylic acids is 1. The highest BCUT2D eigenvalue weighted by Crippen LogP contribution is 2.13. The van der Waals surface area contributed by atoms with Gasteiger partial charge < -0.3 is 15.4 Å². The van der Waals surface area contributed by atoms with E-state index in [-0.39, 0.29) is 5.91 Å². The molecule has 0 saturated heterocycles. The van der Waals surface area contributed by atoms with E-state index in [0.717, 1.165) is 11.3 Å². The van der Waals surface area contributed by atoms with Crippen molar-refractivity contribution in [2.24, 2.45) is 0 Å². The summed E-state index contributed by atoms with van der Waals surface area (Å²) in [7, 11) is 3.32. The van der Waals surface area contributed by atoms with Crippen molar-refractivity contribution in [3.8, 4) is 17.6 Å². The molecule has 0 aromatic heterocycles. The van der Waals surface area contributed by atoms with E-state index in [9.17, 15) is 4.79 Å². The lowest BCUT2D eigenvalue weighted by atomic mass is 10.1. The van der Waals surface area contributed by atoms with Crippen LogP contribution in [0.5, 0.6) is 5.75 Å². The summed E-state index contributed by atoms with van der Waals surface area (Å²) in [4.78, 5) is 13.8. The van der Waals surface area contributed by atoms with Crippen LogP contribution < -0.4 is 10.5 Å². The Morgan fingerprint density at radius 1 is 1.23 bits per heavy atom. The molecule has 0 aliphatic carbocycles. The average molecular weight is 294 g/mol. The number of nitrogens with two attached hydrogens (primary N) is 1. The molecular formula is C18H18N2O2. The van der Waals surface area contributed by atoms with Crippen LogP contribution in [-0.4, -0.2) is 31.5 Å². The fourth-order valence-corrected chi connectivity index (χ4v) is 1.93. The normalized spacial score (nSPS) is 9.55. The number of amides is 1. The van der Waals surface area contributed by atoms with Gasteiger partial charge in [0.1, 0.15) is 5.75 Å². The van der Waals surface area contributed by atoms with Crippen LogP contribution >= 0.6 is 0 Å². The fraction of sp³-hybridized carbons (Fsp3) is 0.167. The molecule has 2 aromatic carbocycles. The van der Waals surface area contributed by atoms with E-state index in [0.29, 0.717) is 17.8 Å².